The van der Waals surface area contributed by atoms with Crippen molar-refractivity contribution >= 4 is 23.6 Å². The van der Waals surface area contributed by atoms with Gasteiger partial charge >= 0.3 is 0 Å². The molecule has 0 heterocycles. The first-order valence-corrected chi connectivity index (χ1v) is 7.15. The second kappa shape index (κ2) is 7.82. The Morgan fingerprint density at radius 3 is 2.68 bits per heavy atom. The number of nitrogens with zero attached hydrogens (tertiary/aromatic N) is 1. The van der Waals surface area contributed by atoms with E-state index in [-0.39, 0.29) is 12.1 Å². The van der Waals surface area contributed by atoms with Crippen molar-refractivity contribution in [3.8, 4) is 0 Å². The lowest BCUT2D eigenvalue weighted by atomic mass is 10.1. The third-order valence-electron chi connectivity index (χ3n) is 3.28. The van der Waals surface area contributed by atoms with Crippen LogP contribution in [0, 0.1) is 15.9 Å². The Bertz CT molecular complexity index is 865. The molecule has 0 atom stereocenters. The monoisotopic (exact) mass is 343 g/mol. The molecule has 128 valence electrons. The van der Waals surface area contributed by atoms with Crippen molar-refractivity contribution < 1.29 is 18.9 Å². The molecule has 0 unspecified atom stereocenters. The maximum Gasteiger partial charge on any atom is 0.279 e. The minimum atomic E-state index is -0.734. The number of nitro benzene ring substituents is 1. The average Bonchev–Trinajstić information content (AvgIpc) is 2.59. The van der Waals surface area contributed by atoms with Gasteiger partial charge in [-0.05, 0) is 35.9 Å². The van der Waals surface area contributed by atoms with Crippen LogP contribution in [0.15, 0.2) is 48.5 Å². The van der Waals surface area contributed by atoms with Gasteiger partial charge in [-0.2, -0.15) is 0 Å². The number of nitrogens with two attached hydrogens (primary N) is 1. The minimum Gasteiger partial charge on any atom is -0.366 e. The zero-order valence-corrected chi connectivity index (χ0v) is 12.9. The molecule has 0 aliphatic rings. The first-order chi connectivity index (χ1) is 11.9. The number of hydrogen-bond donors (Lipinski definition) is 2. The first kappa shape index (κ1) is 17.8. The van der Waals surface area contributed by atoms with Crippen LogP contribution in [0.4, 0.5) is 10.1 Å². The van der Waals surface area contributed by atoms with Crippen molar-refractivity contribution in [2.75, 3.05) is 0 Å². The van der Waals surface area contributed by atoms with Gasteiger partial charge < -0.3 is 11.1 Å². The van der Waals surface area contributed by atoms with E-state index in [1.165, 1.54) is 12.1 Å². The van der Waals surface area contributed by atoms with Gasteiger partial charge in [0.2, 0.25) is 11.8 Å². The number of rotatable bonds is 6. The molecule has 0 radical (unpaired) electrons. The Kier molecular flexibility index (Phi) is 5.57. The number of carbonyl (C=O) groups is 2. The smallest absolute Gasteiger partial charge is 0.279 e. The number of primary amides is 1. The zero-order chi connectivity index (χ0) is 18.4. The fourth-order valence-corrected chi connectivity index (χ4v) is 2.06. The molecule has 3 N–H and O–H groups in total. The van der Waals surface area contributed by atoms with E-state index in [0.717, 1.165) is 18.2 Å². The first-order valence-electron chi connectivity index (χ1n) is 7.15. The molecular formula is C17H14FN3O4. The molecule has 2 rings (SSSR count). The third-order valence-corrected chi connectivity index (χ3v) is 3.28. The predicted octanol–water partition coefficient (Wildman–Crippen LogP) is 2.16. The quantitative estimate of drug-likeness (QED) is 0.475. The minimum absolute atomic E-state index is 0.109. The van der Waals surface area contributed by atoms with E-state index in [0.29, 0.717) is 11.1 Å². The third kappa shape index (κ3) is 4.96. The van der Waals surface area contributed by atoms with Gasteiger partial charge in [-0.25, -0.2) is 4.39 Å². The second-order valence-electron chi connectivity index (χ2n) is 5.08. The van der Waals surface area contributed by atoms with E-state index in [9.17, 15) is 24.1 Å². The number of hydrogen-bond acceptors (Lipinski definition) is 4. The van der Waals surface area contributed by atoms with Crippen molar-refractivity contribution in [2.45, 2.75) is 6.54 Å². The molecule has 7 nitrogen and oxygen atoms in total. The summed E-state index contributed by atoms with van der Waals surface area (Å²) in [6.45, 7) is 0.149. The summed E-state index contributed by atoms with van der Waals surface area (Å²) in [5.74, 6) is -1.80. The van der Waals surface area contributed by atoms with Gasteiger partial charge in [0.1, 0.15) is 5.82 Å². The van der Waals surface area contributed by atoms with E-state index >= 15 is 0 Å². The molecule has 2 aromatic carbocycles. The highest BCUT2D eigenvalue weighted by atomic mass is 19.1. The maximum atomic E-state index is 13.1. The molecule has 8 heteroatoms. The van der Waals surface area contributed by atoms with E-state index in [1.54, 1.807) is 24.3 Å². The standard InChI is InChI=1S/C17H14FN3O4/c18-14-6-4-12(15(9-14)21(24)25)5-7-16(22)20-10-11-2-1-3-13(8-11)17(19)23/h1-9H,10H2,(H2,19,23)(H,20,22). The number of nitrogens with one attached hydrogen (secondary N) is 1. The van der Waals surface area contributed by atoms with Crippen LogP contribution < -0.4 is 11.1 Å². The summed E-state index contributed by atoms with van der Waals surface area (Å²) in [6, 6.07) is 9.53. The molecule has 2 aromatic rings. The van der Waals surface area contributed by atoms with Gasteiger partial charge in [-0.1, -0.05) is 12.1 Å². The highest BCUT2D eigenvalue weighted by Gasteiger charge is 2.12. The van der Waals surface area contributed by atoms with Crippen molar-refractivity contribution in [3.05, 3.63) is 81.2 Å². The molecule has 25 heavy (non-hydrogen) atoms. The highest BCUT2D eigenvalue weighted by molar-refractivity contribution is 5.93. The van der Waals surface area contributed by atoms with E-state index in [2.05, 4.69) is 5.32 Å². The molecule has 0 aliphatic heterocycles. The summed E-state index contributed by atoms with van der Waals surface area (Å²) in [7, 11) is 0. The lowest BCUT2D eigenvalue weighted by molar-refractivity contribution is -0.385. The van der Waals surface area contributed by atoms with Gasteiger partial charge in [0.05, 0.1) is 16.6 Å². The van der Waals surface area contributed by atoms with E-state index < -0.39 is 28.2 Å². The zero-order valence-electron chi connectivity index (χ0n) is 12.9. The van der Waals surface area contributed by atoms with E-state index in [1.807, 2.05) is 0 Å². The van der Waals surface area contributed by atoms with Crippen molar-refractivity contribution in [1.29, 1.82) is 0 Å². The lowest BCUT2D eigenvalue weighted by Crippen LogP contribution is -2.20. The van der Waals surface area contributed by atoms with Crippen LogP contribution in [0.2, 0.25) is 0 Å². The SMILES string of the molecule is NC(=O)c1cccc(CNC(=O)C=Cc2ccc(F)cc2[N+](=O)[O-])c1. The molecule has 0 spiro atoms. The normalized spacial score (nSPS) is 10.6. The van der Waals surface area contributed by atoms with Crippen LogP contribution in [0.25, 0.3) is 6.08 Å². The number of amides is 2. The van der Waals surface area contributed by atoms with E-state index in [4.69, 9.17) is 5.73 Å². The topological polar surface area (TPSA) is 115 Å². The average molecular weight is 343 g/mol. The molecule has 0 fully saturated rings. The number of nitro groups is 1. The van der Waals surface area contributed by atoms with Crippen LogP contribution in [0.1, 0.15) is 21.5 Å². The number of carbonyl (C=O) groups excluding carboxylic acids is 2. The number of halogens is 1. The van der Waals surface area contributed by atoms with Crippen LogP contribution in [0.5, 0.6) is 0 Å². The van der Waals surface area contributed by atoms with Crippen molar-refractivity contribution in [3.63, 3.8) is 0 Å². The summed E-state index contributed by atoms with van der Waals surface area (Å²) >= 11 is 0. The maximum absolute atomic E-state index is 13.1. The summed E-state index contributed by atoms with van der Waals surface area (Å²) in [6.07, 6.45) is 2.34. The van der Waals surface area contributed by atoms with Gasteiger partial charge in [-0.3, -0.25) is 19.7 Å². The summed E-state index contributed by atoms with van der Waals surface area (Å²) in [5.41, 5.74) is 5.85. The molecule has 0 bridgehead atoms. The van der Waals surface area contributed by atoms with Crippen molar-refractivity contribution in [1.82, 2.24) is 5.32 Å². The van der Waals surface area contributed by atoms with Crippen LogP contribution in [-0.4, -0.2) is 16.7 Å². The van der Waals surface area contributed by atoms with Gasteiger partial charge in [0.25, 0.3) is 5.69 Å². The fourth-order valence-electron chi connectivity index (χ4n) is 2.06. The van der Waals surface area contributed by atoms with Crippen LogP contribution >= 0.6 is 0 Å². The highest BCUT2D eigenvalue weighted by Crippen LogP contribution is 2.20. The van der Waals surface area contributed by atoms with Gasteiger partial charge in [-0.15, -0.1) is 0 Å². The summed E-state index contributed by atoms with van der Waals surface area (Å²) < 4.78 is 13.1. The molecule has 2 amide bonds. The fraction of sp³-hybridized carbons (Fsp3) is 0.0588. The Labute approximate surface area is 142 Å². The molecule has 0 aliphatic carbocycles. The summed E-state index contributed by atoms with van der Waals surface area (Å²) in [5, 5.41) is 13.5. The Morgan fingerprint density at radius 2 is 2.00 bits per heavy atom. The molecule has 0 aromatic heterocycles. The largest absolute Gasteiger partial charge is 0.366 e. The van der Waals surface area contributed by atoms with Gasteiger partial charge in [0.15, 0.2) is 0 Å². The Hall–Kier alpha value is -3.55. The Balaban J connectivity index is 2.03. The molecular weight excluding hydrogens is 329 g/mol. The molecule has 0 saturated heterocycles. The number of benzene rings is 2. The van der Waals surface area contributed by atoms with Crippen LogP contribution in [-0.2, 0) is 11.3 Å². The summed E-state index contributed by atoms with van der Waals surface area (Å²) in [4.78, 5) is 33.1. The van der Waals surface area contributed by atoms with Gasteiger partial charge in [0, 0.05) is 18.2 Å². The molecule has 0 saturated carbocycles. The lowest BCUT2D eigenvalue weighted by Gasteiger charge is -2.04. The van der Waals surface area contributed by atoms with Crippen molar-refractivity contribution in [2.24, 2.45) is 5.73 Å². The van der Waals surface area contributed by atoms with Crippen LogP contribution in [0.3, 0.4) is 0 Å². The predicted molar refractivity (Wildman–Crippen MR) is 88.9 cm³/mol. The second-order valence-corrected chi connectivity index (χ2v) is 5.08. The Morgan fingerprint density at radius 1 is 1.24 bits per heavy atom.